The Hall–Kier alpha value is 0.518. The summed E-state index contributed by atoms with van der Waals surface area (Å²) in [5.74, 6) is 0. The van der Waals surface area contributed by atoms with Gasteiger partial charge >= 0.3 is 71.3 Å². The Kier molecular flexibility index (Phi) is 10.0. The van der Waals surface area contributed by atoms with Crippen LogP contribution >= 0.6 is 0 Å². The molecule has 62 valence electrons. The molecule has 1 atom stereocenters. The van der Waals surface area contributed by atoms with Gasteiger partial charge in [-0.15, -0.1) is 0 Å². The average Bonchev–Trinajstić information content (AvgIpc) is 1.97. The van der Waals surface area contributed by atoms with Crippen molar-refractivity contribution in [1.29, 1.82) is 0 Å². The van der Waals surface area contributed by atoms with Crippen molar-refractivity contribution in [1.82, 2.24) is 5.32 Å². The van der Waals surface area contributed by atoms with Crippen molar-refractivity contribution in [2.75, 3.05) is 13.1 Å². The SMILES string of the molecule is CCCC[AsH]CCNCC. The van der Waals surface area contributed by atoms with Crippen molar-refractivity contribution in [2.24, 2.45) is 0 Å². The minimum absolute atomic E-state index is 0.426. The van der Waals surface area contributed by atoms with E-state index in [-0.39, 0.29) is 0 Å². The number of rotatable bonds is 7. The normalized spacial score (nSPS) is 11.4. The maximum atomic E-state index is 3.36. The molecule has 0 aliphatic heterocycles. The van der Waals surface area contributed by atoms with E-state index in [1.165, 1.54) is 24.6 Å². The van der Waals surface area contributed by atoms with Crippen molar-refractivity contribution in [3.63, 3.8) is 0 Å². The number of hydrogen-bond acceptors (Lipinski definition) is 1. The molecule has 0 saturated carbocycles. The van der Waals surface area contributed by atoms with Gasteiger partial charge in [0.25, 0.3) is 0 Å². The quantitative estimate of drug-likeness (QED) is 0.492. The van der Waals surface area contributed by atoms with Crippen molar-refractivity contribution in [2.45, 2.75) is 37.1 Å². The molecule has 1 nitrogen and oxygen atoms in total. The molecule has 10 heavy (non-hydrogen) atoms. The molecule has 0 aliphatic carbocycles. The summed E-state index contributed by atoms with van der Waals surface area (Å²) in [6.45, 7) is 6.85. The van der Waals surface area contributed by atoms with E-state index in [0.29, 0.717) is 15.8 Å². The summed E-state index contributed by atoms with van der Waals surface area (Å²) in [5.41, 5.74) is 0. The molecule has 0 aromatic carbocycles. The van der Waals surface area contributed by atoms with E-state index in [4.69, 9.17) is 0 Å². The fourth-order valence-electron chi connectivity index (χ4n) is 0.780. The van der Waals surface area contributed by atoms with Gasteiger partial charge in [0.15, 0.2) is 0 Å². The average molecular weight is 205 g/mol. The van der Waals surface area contributed by atoms with Crippen molar-refractivity contribution >= 4 is 15.8 Å². The van der Waals surface area contributed by atoms with Gasteiger partial charge in [-0.1, -0.05) is 0 Å². The molecule has 0 fully saturated rings. The van der Waals surface area contributed by atoms with Crippen LogP contribution in [-0.2, 0) is 0 Å². The van der Waals surface area contributed by atoms with Crippen LogP contribution in [0, 0.1) is 0 Å². The Balaban J connectivity index is 2.65. The summed E-state index contributed by atoms with van der Waals surface area (Å²) in [6, 6.07) is 0. The van der Waals surface area contributed by atoms with Crippen molar-refractivity contribution < 1.29 is 0 Å². The third-order valence-corrected chi connectivity index (χ3v) is 4.19. The molecule has 1 unspecified atom stereocenters. The summed E-state index contributed by atoms with van der Waals surface area (Å²) >= 11 is 0.426. The van der Waals surface area contributed by atoms with Gasteiger partial charge in [-0.25, -0.2) is 0 Å². The van der Waals surface area contributed by atoms with Gasteiger partial charge in [0.1, 0.15) is 0 Å². The fourth-order valence-corrected chi connectivity index (χ4v) is 3.31. The van der Waals surface area contributed by atoms with Crippen LogP contribution in [0.15, 0.2) is 0 Å². The zero-order valence-electron chi connectivity index (χ0n) is 7.24. The molecular formula is C8H20AsN. The Morgan fingerprint density at radius 1 is 1.20 bits per heavy atom. The van der Waals surface area contributed by atoms with Gasteiger partial charge in [0.05, 0.1) is 0 Å². The zero-order chi connectivity index (χ0) is 7.66. The van der Waals surface area contributed by atoms with Gasteiger partial charge in [-0.3, -0.25) is 0 Å². The summed E-state index contributed by atoms with van der Waals surface area (Å²) in [6.07, 6.45) is 2.84. The molecule has 0 saturated heterocycles. The summed E-state index contributed by atoms with van der Waals surface area (Å²) in [4.78, 5) is 0. The second-order valence-corrected chi connectivity index (χ2v) is 5.60. The van der Waals surface area contributed by atoms with E-state index in [2.05, 4.69) is 19.2 Å². The summed E-state index contributed by atoms with van der Waals surface area (Å²) in [5, 5.41) is 6.38. The molecule has 1 N–H and O–H groups in total. The predicted octanol–water partition coefficient (Wildman–Crippen LogP) is 1.67. The van der Waals surface area contributed by atoms with Gasteiger partial charge in [-0.05, 0) is 0 Å². The third-order valence-electron chi connectivity index (χ3n) is 1.44. The second-order valence-electron chi connectivity index (χ2n) is 2.46. The molecule has 2 heteroatoms. The van der Waals surface area contributed by atoms with Crippen LogP contribution in [0.2, 0.25) is 10.4 Å². The summed E-state index contributed by atoms with van der Waals surface area (Å²) < 4.78 is 0. The van der Waals surface area contributed by atoms with Gasteiger partial charge < -0.3 is 0 Å². The molecule has 0 spiro atoms. The van der Waals surface area contributed by atoms with Crippen LogP contribution in [0.25, 0.3) is 0 Å². The molecule has 0 heterocycles. The molecule has 0 aliphatic rings. The first-order valence-corrected chi connectivity index (χ1v) is 7.30. The van der Waals surface area contributed by atoms with Gasteiger partial charge in [0.2, 0.25) is 0 Å². The number of unbranched alkanes of at least 4 members (excludes halogenated alkanes) is 1. The van der Waals surface area contributed by atoms with E-state index < -0.39 is 0 Å². The Labute approximate surface area is 71.7 Å². The van der Waals surface area contributed by atoms with E-state index >= 15 is 0 Å². The number of nitrogens with one attached hydrogen (secondary N) is 1. The van der Waals surface area contributed by atoms with Crippen LogP contribution in [0.1, 0.15) is 26.7 Å². The number of hydrogen-bond donors (Lipinski definition) is 1. The molecular weight excluding hydrogens is 185 g/mol. The van der Waals surface area contributed by atoms with Crippen LogP contribution in [0.5, 0.6) is 0 Å². The second kappa shape index (κ2) is 9.52. The topological polar surface area (TPSA) is 12.0 Å². The van der Waals surface area contributed by atoms with Gasteiger partial charge in [0, 0.05) is 0 Å². The summed E-state index contributed by atoms with van der Waals surface area (Å²) in [7, 11) is 0. The van der Waals surface area contributed by atoms with E-state index in [1.54, 1.807) is 5.21 Å². The molecule has 0 rings (SSSR count). The van der Waals surface area contributed by atoms with E-state index in [0.717, 1.165) is 6.54 Å². The maximum absolute atomic E-state index is 3.36. The van der Waals surface area contributed by atoms with E-state index in [9.17, 15) is 0 Å². The Morgan fingerprint density at radius 2 is 2.00 bits per heavy atom. The molecule has 0 radical (unpaired) electrons. The molecule has 0 aromatic heterocycles. The Morgan fingerprint density at radius 3 is 2.60 bits per heavy atom. The Bertz CT molecular complexity index is 49.2. The van der Waals surface area contributed by atoms with Crippen molar-refractivity contribution in [3.8, 4) is 0 Å². The first-order valence-electron chi connectivity index (χ1n) is 4.33. The van der Waals surface area contributed by atoms with E-state index in [1.807, 2.05) is 0 Å². The minimum atomic E-state index is 0.426. The van der Waals surface area contributed by atoms with Crippen LogP contribution < -0.4 is 5.32 Å². The predicted molar refractivity (Wildman–Crippen MR) is 50.2 cm³/mol. The van der Waals surface area contributed by atoms with Crippen molar-refractivity contribution in [3.05, 3.63) is 0 Å². The van der Waals surface area contributed by atoms with Crippen LogP contribution in [0.3, 0.4) is 0 Å². The fraction of sp³-hybridized carbons (Fsp3) is 1.00. The van der Waals surface area contributed by atoms with Gasteiger partial charge in [-0.2, -0.15) is 0 Å². The first-order chi connectivity index (χ1) is 4.91. The first kappa shape index (κ1) is 10.5. The molecule has 0 aromatic rings. The van der Waals surface area contributed by atoms with Crippen LogP contribution in [-0.4, -0.2) is 28.8 Å². The zero-order valence-corrected chi connectivity index (χ0v) is 9.34. The molecule has 0 bridgehead atoms. The molecule has 0 amide bonds. The monoisotopic (exact) mass is 205 g/mol. The van der Waals surface area contributed by atoms with Crippen LogP contribution in [0.4, 0.5) is 0 Å². The standard InChI is InChI=1S/C8H20AsN/c1-3-5-6-9-7-8-10-4-2/h9-10H,3-8H2,1-2H3. The third kappa shape index (κ3) is 8.52.